The predicted octanol–water partition coefficient (Wildman–Crippen LogP) is 4.20. The molecule has 0 saturated carbocycles. The molecule has 2 N–H and O–H groups in total. The maximum Gasteiger partial charge on any atom is 0.170 e. The van der Waals surface area contributed by atoms with Crippen molar-refractivity contribution in [1.29, 1.82) is 0 Å². The van der Waals surface area contributed by atoms with E-state index >= 15 is 0 Å². The second-order valence-electron chi connectivity index (χ2n) is 6.23. The Labute approximate surface area is 144 Å². The van der Waals surface area contributed by atoms with Crippen LogP contribution < -0.4 is 10.6 Å². The molecular formula is C17H26ClN3S. The van der Waals surface area contributed by atoms with Crippen LogP contribution in [-0.2, 0) is 0 Å². The van der Waals surface area contributed by atoms with Gasteiger partial charge in [-0.15, -0.1) is 0 Å². The smallest absolute Gasteiger partial charge is 0.170 e. The van der Waals surface area contributed by atoms with Crippen LogP contribution in [0.5, 0.6) is 0 Å². The molecule has 1 aliphatic rings. The summed E-state index contributed by atoms with van der Waals surface area (Å²) >= 11 is 11.5. The summed E-state index contributed by atoms with van der Waals surface area (Å²) in [6, 6.07) is 7.04. The fourth-order valence-corrected chi connectivity index (χ4v) is 3.36. The molecule has 0 radical (unpaired) electrons. The van der Waals surface area contributed by atoms with E-state index in [1.807, 2.05) is 25.1 Å². The number of rotatable bonds is 4. The van der Waals surface area contributed by atoms with Crippen LogP contribution in [0.3, 0.4) is 0 Å². The van der Waals surface area contributed by atoms with Gasteiger partial charge in [-0.25, -0.2) is 0 Å². The molecule has 0 aromatic heterocycles. The zero-order valence-electron chi connectivity index (χ0n) is 13.7. The first-order valence-corrected chi connectivity index (χ1v) is 8.82. The number of halogens is 1. The molecule has 1 aromatic carbocycles. The van der Waals surface area contributed by atoms with Crippen molar-refractivity contribution in [3.63, 3.8) is 0 Å². The van der Waals surface area contributed by atoms with E-state index < -0.39 is 0 Å². The van der Waals surface area contributed by atoms with Gasteiger partial charge in [0.1, 0.15) is 0 Å². The summed E-state index contributed by atoms with van der Waals surface area (Å²) < 4.78 is 0. The fraction of sp³-hybridized carbons (Fsp3) is 0.588. The lowest BCUT2D eigenvalue weighted by Gasteiger charge is -2.38. The minimum absolute atomic E-state index is 0.483. The number of nitrogens with one attached hydrogen (secondary N) is 2. The lowest BCUT2D eigenvalue weighted by molar-refractivity contribution is 0.116. The molecule has 0 bridgehead atoms. The molecule has 122 valence electrons. The monoisotopic (exact) mass is 339 g/mol. The molecule has 2 atom stereocenters. The number of hydrogen-bond donors (Lipinski definition) is 2. The van der Waals surface area contributed by atoms with Gasteiger partial charge in [0.2, 0.25) is 0 Å². The van der Waals surface area contributed by atoms with Crippen LogP contribution in [0.4, 0.5) is 5.69 Å². The SMILES string of the molecule is Cc1ccc(NC(=S)NC[C@H](C)N2CCCC[C@H]2C)cc1Cl. The molecule has 2 rings (SSSR count). The molecule has 0 amide bonds. The van der Waals surface area contributed by atoms with Gasteiger partial charge < -0.3 is 10.6 Å². The molecule has 1 aromatic rings. The van der Waals surface area contributed by atoms with Gasteiger partial charge in [-0.2, -0.15) is 0 Å². The van der Waals surface area contributed by atoms with Crippen molar-refractivity contribution in [3.8, 4) is 0 Å². The Bertz CT molecular complexity index is 521. The van der Waals surface area contributed by atoms with Crippen molar-refractivity contribution in [2.75, 3.05) is 18.4 Å². The maximum atomic E-state index is 6.13. The number of likely N-dealkylation sites (tertiary alicyclic amines) is 1. The van der Waals surface area contributed by atoms with Crippen molar-refractivity contribution in [2.45, 2.75) is 52.1 Å². The Kier molecular flexibility index (Phi) is 6.48. The number of benzene rings is 1. The van der Waals surface area contributed by atoms with Crippen molar-refractivity contribution in [2.24, 2.45) is 0 Å². The lowest BCUT2D eigenvalue weighted by atomic mass is 10.0. The Hall–Kier alpha value is -0.840. The van der Waals surface area contributed by atoms with Crippen LogP contribution in [-0.4, -0.2) is 35.2 Å². The van der Waals surface area contributed by atoms with Crippen LogP contribution in [0.2, 0.25) is 5.02 Å². The molecule has 1 fully saturated rings. The first-order valence-electron chi connectivity index (χ1n) is 8.04. The van der Waals surface area contributed by atoms with Crippen LogP contribution in [0, 0.1) is 6.92 Å². The number of thiocarbonyl (C=S) groups is 1. The standard InChI is InChI=1S/C17H26ClN3S/c1-12-7-8-15(10-16(12)18)20-17(22)19-11-14(3)21-9-5-4-6-13(21)2/h7-8,10,13-14H,4-6,9,11H2,1-3H3,(H2,19,20,22)/t13-,14+/m1/s1. The zero-order valence-corrected chi connectivity index (χ0v) is 15.2. The first kappa shape index (κ1) is 17.5. The Balaban J connectivity index is 1.80. The Morgan fingerprint density at radius 3 is 2.91 bits per heavy atom. The zero-order chi connectivity index (χ0) is 16.1. The molecule has 0 unspecified atom stereocenters. The molecule has 0 aliphatic carbocycles. The van der Waals surface area contributed by atoms with Gasteiger partial charge in [-0.1, -0.05) is 24.1 Å². The van der Waals surface area contributed by atoms with Gasteiger partial charge in [0.25, 0.3) is 0 Å². The summed E-state index contributed by atoms with van der Waals surface area (Å²) in [6.45, 7) is 8.62. The molecule has 3 nitrogen and oxygen atoms in total. The second kappa shape index (κ2) is 8.14. The minimum atomic E-state index is 0.483. The van der Waals surface area contributed by atoms with Gasteiger partial charge in [-0.05, 0) is 70.1 Å². The summed E-state index contributed by atoms with van der Waals surface area (Å²) in [5, 5.41) is 7.92. The summed E-state index contributed by atoms with van der Waals surface area (Å²) in [4.78, 5) is 2.57. The number of nitrogens with zero attached hydrogens (tertiary/aromatic N) is 1. The third-order valence-corrected chi connectivity index (χ3v) is 5.06. The molecule has 0 spiro atoms. The van der Waals surface area contributed by atoms with E-state index in [1.165, 1.54) is 25.8 Å². The third-order valence-electron chi connectivity index (χ3n) is 4.41. The van der Waals surface area contributed by atoms with Gasteiger partial charge in [-0.3, -0.25) is 4.90 Å². The number of hydrogen-bond acceptors (Lipinski definition) is 2. The highest BCUT2D eigenvalue weighted by molar-refractivity contribution is 7.80. The molecule has 1 aliphatic heterocycles. The van der Waals surface area contributed by atoms with Gasteiger partial charge in [0, 0.05) is 29.3 Å². The van der Waals surface area contributed by atoms with E-state index in [0.717, 1.165) is 22.8 Å². The Morgan fingerprint density at radius 1 is 1.45 bits per heavy atom. The fourth-order valence-electron chi connectivity index (χ4n) is 2.98. The van der Waals surface area contributed by atoms with Crippen LogP contribution in [0.1, 0.15) is 38.7 Å². The average molecular weight is 340 g/mol. The van der Waals surface area contributed by atoms with Crippen LogP contribution in [0.15, 0.2) is 18.2 Å². The third kappa shape index (κ3) is 4.83. The highest BCUT2D eigenvalue weighted by Gasteiger charge is 2.22. The van der Waals surface area contributed by atoms with Crippen molar-refractivity contribution in [3.05, 3.63) is 28.8 Å². The van der Waals surface area contributed by atoms with Gasteiger partial charge in [0.15, 0.2) is 5.11 Å². The van der Waals surface area contributed by atoms with E-state index in [0.29, 0.717) is 17.2 Å². The average Bonchev–Trinajstić information content (AvgIpc) is 2.49. The lowest BCUT2D eigenvalue weighted by Crippen LogP contribution is -2.48. The maximum absolute atomic E-state index is 6.13. The summed E-state index contributed by atoms with van der Waals surface area (Å²) in [5.74, 6) is 0. The number of anilines is 1. The van der Waals surface area contributed by atoms with E-state index in [1.54, 1.807) is 0 Å². The summed E-state index contributed by atoms with van der Waals surface area (Å²) in [7, 11) is 0. The number of aryl methyl sites for hydroxylation is 1. The van der Waals surface area contributed by atoms with E-state index in [2.05, 4.69) is 29.4 Å². The molecule has 1 heterocycles. The predicted molar refractivity (Wildman–Crippen MR) is 99.9 cm³/mol. The van der Waals surface area contributed by atoms with Crippen LogP contribution >= 0.6 is 23.8 Å². The summed E-state index contributed by atoms with van der Waals surface area (Å²) in [5.41, 5.74) is 1.99. The van der Waals surface area contributed by atoms with E-state index in [-0.39, 0.29) is 0 Å². The molecule has 1 saturated heterocycles. The number of piperidine rings is 1. The van der Waals surface area contributed by atoms with Gasteiger partial charge in [0.05, 0.1) is 0 Å². The quantitative estimate of drug-likeness (QED) is 0.804. The highest BCUT2D eigenvalue weighted by atomic mass is 35.5. The highest BCUT2D eigenvalue weighted by Crippen LogP contribution is 2.20. The largest absolute Gasteiger partial charge is 0.361 e. The molecular weight excluding hydrogens is 314 g/mol. The van der Waals surface area contributed by atoms with Crippen molar-refractivity contribution >= 4 is 34.6 Å². The summed E-state index contributed by atoms with van der Waals surface area (Å²) in [6.07, 6.45) is 3.96. The Morgan fingerprint density at radius 2 is 2.23 bits per heavy atom. The topological polar surface area (TPSA) is 27.3 Å². The van der Waals surface area contributed by atoms with Crippen molar-refractivity contribution in [1.82, 2.24) is 10.2 Å². The van der Waals surface area contributed by atoms with Gasteiger partial charge >= 0.3 is 0 Å². The second-order valence-corrected chi connectivity index (χ2v) is 7.05. The first-order chi connectivity index (χ1) is 10.5. The molecule has 5 heteroatoms. The molecule has 22 heavy (non-hydrogen) atoms. The van der Waals surface area contributed by atoms with E-state index in [9.17, 15) is 0 Å². The van der Waals surface area contributed by atoms with E-state index in [4.69, 9.17) is 23.8 Å². The van der Waals surface area contributed by atoms with Crippen LogP contribution in [0.25, 0.3) is 0 Å². The van der Waals surface area contributed by atoms with Crippen molar-refractivity contribution < 1.29 is 0 Å². The minimum Gasteiger partial charge on any atom is -0.361 e. The normalized spacial score (nSPS) is 20.5.